The van der Waals surface area contributed by atoms with Crippen LogP contribution in [-0.2, 0) is 11.3 Å². The van der Waals surface area contributed by atoms with Gasteiger partial charge in [0.2, 0.25) is 0 Å². The van der Waals surface area contributed by atoms with Crippen LogP contribution >= 0.6 is 0 Å². The third kappa shape index (κ3) is 4.08. The molecule has 2 rings (SSSR count). The predicted molar refractivity (Wildman–Crippen MR) is 78.7 cm³/mol. The van der Waals surface area contributed by atoms with Gasteiger partial charge in [0.15, 0.2) is 0 Å². The van der Waals surface area contributed by atoms with Crippen LogP contribution in [0, 0.1) is 0 Å². The lowest BCUT2D eigenvalue weighted by molar-refractivity contribution is 0.0773. The van der Waals surface area contributed by atoms with E-state index < -0.39 is 0 Å². The van der Waals surface area contributed by atoms with Crippen LogP contribution in [0.4, 0.5) is 0 Å². The maximum Gasteiger partial charge on any atom is 0.120 e. The average molecular weight is 272 g/mol. The molecule has 0 aliphatic rings. The van der Waals surface area contributed by atoms with Crippen LogP contribution in [0.2, 0.25) is 0 Å². The quantitative estimate of drug-likeness (QED) is 0.840. The maximum absolute atomic E-state index is 9.04. The van der Waals surface area contributed by atoms with Gasteiger partial charge >= 0.3 is 0 Å². The summed E-state index contributed by atoms with van der Waals surface area (Å²) in [7, 11) is 1.65. The molecule has 1 atom stereocenters. The first kappa shape index (κ1) is 14.6. The van der Waals surface area contributed by atoms with Crippen molar-refractivity contribution in [3.63, 3.8) is 0 Å². The van der Waals surface area contributed by atoms with Crippen LogP contribution in [-0.4, -0.2) is 18.8 Å². The van der Waals surface area contributed by atoms with Crippen LogP contribution in [0.25, 0.3) is 0 Å². The van der Waals surface area contributed by atoms with Crippen molar-refractivity contribution in [1.29, 1.82) is 0 Å². The Balaban J connectivity index is 2.02. The Morgan fingerprint density at radius 3 is 2.55 bits per heavy atom. The zero-order valence-corrected chi connectivity index (χ0v) is 11.7. The molecule has 0 heterocycles. The van der Waals surface area contributed by atoms with E-state index in [2.05, 4.69) is 0 Å². The number of hydrogen-bond donors (Lipinski definition) is 1. The van der Waals surface area contributed by atoms with Crippen molar-refractivity contribution in [2.45, 2.75) is 19.1 Å². The first-order valence-corrected chi connectivity index (χ1v) is 6.74. The normalized spacial score (nSPS) is 12.1. The maximum atomic E-state index is 9.04. The Bertz CT molecular complexity index is 511. The standard InChI is InChI=1S/C17H20O3/c1-19-17(10-11-18)15-8-5-9-16(12-15)20-13-14-6-3-2-4-7-14/h2-9,12,17-18H,10-11,13H2,1H3/t17-/m0/s1. The van der Waals surface area contributed by atoms with Gasteiger partial charge < -0.3 is 14.6 Å². The summed E-state index contributed by atoms with van der Waals surface area (Å²) < 4.78 is 11.2. The van der Waals surface area contributed by atoms with Crippen molar-refractivity contribution >= 4 is 0 Å². The predicted octanol–water partition coefficient (Wildman–Crippen LogP) is 3.34. The third-order valence-electron chi connectivity index (χ3n) is 3.15. The second-order valence-electron chi connectivity index (χ2n) is 4.58. The summed E-state index contributed by atoms with van der Waals surface area (Å²) in [5, 5.41) is 9.04. The van der Waals surface area contributed by atoms with Crippen LogP contribution < -0.4 is 4.74 Å². The van der Waals surface area contributed by atoms with E-state index in [4.69, 9.17) is 14.6 Å². The molecule has 0 amide bonds. The molecule has 2 aromatic rings. The van der Waals surface area contributed by atoms with E-state index in [9.17, 15) is 0 Å². The highest BCUT2D eigenvalue weighted by atomic mass is 16.5. The average Bonchev–Trinajstić information content (AvgIpc) is 2.52. The van der Waals surface area contributed by atoms with Crippen LogP contribution in [0.15, 0.2) is 54.6 Å². The summed E-state index contributed by atoms with van der Waals surface area (Å²) in [4.78, 5) is 0. The number of aliphatic hydroxyl groups is 1. The zero-order chi connectivity index (χ0) is 14.2. The minimum atomic E-state index is -0.0970. The molecule has 3 nitrogen and oxygen atoms in total. The number of methoxy groups -OCH3 is 1. The Morgan fingerprint density at radius 2 is 1.85 bits per heavy atom. The molecular weight excluding hydrogens is 252 g/mol. The van der Waals surface area contributed by atoms with E-state index in [1.54, 1.807) is 7.11 Å². The zero-order valence-electron chi connectivity index (χ0n) is 11.7. The van der Waals surface area contributed by atoms with Gasteiger partial charge in [-0.3, -0.25) is 0 Å². The number of ether oxygens (including phenoxy) is 2. The summed E-state index contributed by atoms with van der Waals surface area (Å²) in [6.45, 7) is 0.648. The van der Waals surface area contributed by atoms with Gasteiger partial charge in [0.1, 0.15) is 12.4 Å². The second-order valence-corrected chi connectivity index (χ2v) is 4.58. The van der Waals surface area contributed by atoms with E-state index in [1.807, 2.05) is 54.6 Å². The lowest BCUT2D eigenvalue weighted by Crippen LogP contribution is -2.04. The fraction of sp³-hybridized carbons (Fsp3) is 0.294. The molecule has 0 unspecified atom stereocenters. The SMILES string of the molecule is CO[C@@H](CCO)c1cccc(OCc2ccccc2)c1. The molecule has 0 saturated carbocycles. The first-order valence-electron chi connectivity index (χ1n) is 6.74. The third-order valence-corrected chi connectivity index (χ3v) is 3.15. The first-order chi connectivity index (χ1) is 9.83. The summed E-state index contributed by atoms with van der Waals surface area (Å²) in [6, 6.07) is 17.9. The molecule has 0 aliphatic carbocycles. The summed E-state index contributed by atoms with van der Waals surface area (Å²) in [6.07, 6.45) is 0.485. The van der Waals surface area contributed by atoms with Gasteiger partial charge in [-0.15, -0.1) is 0 Å². The van der Waals surface area contributed by atoms with Crippen LogP contribution in [0.3, 0.4) is 0 Å². The molecule has 0 spiro atoms. The van der Waals surface area contributed by atoms with E-state index >= 15 is 0 Å². The van der Waals surface area contributed by atoms with Gasteiger partial charge in [-0.2, -0.15) is 0 Å². The van der Waals surface area contributed by atoms with E-state index in [0.717, 1.165) is 16.9 Å². The smallest absolute Gasteiger partial charge is 0.120 e. The molecule has 2 aromatic carbocycles. The number of hydrogen-bond acceptors (Lipinski definition) is 3. The molecule has 0 aromatic heterocycles. The fourth-order valence-electron chi connectivity index (χ4n) is 2.08. The van der Waals surface area contributed by atoms with Gasteiger partial charge in [0.25, 0.3) is 0 Å². The van der Waals surface area contributed by atoms with Gasteiger partial charge in [-0.25, -0.2) is 0 Å². The topological polar surface area (TPSA) is 38.7 Å². The lowest BCUT2D eigenvalue weighted by Gasteiger charge is -2.15. The van der Waals surface area contributed by atoms with Crippen LogP contribution in [0.1, 0.15) is 23.7 Å². The Morgan fingerprint density at radius 1 is 1.05 bits per heavy atom. The Kier molecular flexibility index (Phi) is 5.59. The second kappa shape index (κ2) is 7.68. The van der Waals surface area contributed by atoms with Crippen molar-refractivity contribution in [1.82, 2.24) is 0 Å². The molecule has 0 fully saturated rings. The summed E-state index contributed by atoms with van der Waals surface area (Å²) >= 11 is 0. The molecule has 0 bridgehead atoms. The largest absolute Gasteiger partial charge is 0.489 e. The highest BCUT2D eigenvalue weighted by Gasteiger charge is 2.10. The highest BCUT2D eigenvalue weighted by Crippen LogP contribution is 2.24. The summed E-state index contributed by atoms with van der Waals surface area (Å²) in [5.41, 5.74) is 2.16. The van der Waals surface area contributed by atoms with Crippen LogP contribution in [0.5, 0.6) is 5.75 Å². The molecule has 20 heavy (non-hydrogen) atoms. The summed E-state index contributed by atoms with van der Waals surface area (Å²) in [5.74, 6) is 0.811. The lowest BCUT2D eigenvalue weighted by atomic mass is 10.1. The van der Waals surface area contributed by atoms with E-state index in [0.29, 0.717) is 13.0 Å². The molecule has 3 heteroatoms. The monoisotopic (exact) mass is 272 g/mol. The Hall–Kier alpha value is -1.84. The molecule has 0 radical (unpaired) electrons. The van der Waals surface area contributed by atoms with Crippen molar-refractivity contribution < 1.29 is 14.6 Å². The van der Waals surface area contributed by atoms with Crippen molar-refractivity contribution in [3.8, 4) is 5.75 Å². The number of rotatable bonds is 7. The van der Waals surface area contributed by atoms with Gasteiger partial charge in [-0.05, 0) is 23.3 Å². The van der Waals surface area contributed by atoms with Gasteiger partial charge in [0.05, 0.1) is 6.10 Å². The molecule has 106 valence electrons. The molecule has 1 N–H and O–H groups in total. The number of aliphatic hydroxyl groups excluding tert-OH is 1. The molecule has 0 saturated heterocycles. The van der Waals surface area contributed by atoms with Crippen molar-refractivity contribution in [3.05, 3.63) is 65.7 Å². The molecule has 0 aliphatic heterocycles. The van der Waals surface area contributed by atoms with Crippen molar-refractivity contribution in [2.75, 3.05) is 13.7 Å². The van der Waals surface area contributed by atoms with E-state index in [-0.39, 0.29) is 12.7 Å². The highest BCUT2D eigenvalue weighted by molar-refractivity contribution is 5.30. The van der Waals surface area contributed by atoms with E-state index in [1.165, 1.54) is 0 Å². The minimum Gasteiger partial charge on any atom is -0.489 e. The van der Waals surface area contributed by atoms with Gasteiger partial charge in [0, 0.05) is 20.1 Å². The minimum absolute atomic E-state index is 0.0970. The molecular formula is C17H20O3. The van der Waals surface area contributed by atoms with Crippen molar-refractivity contribution in [2.24, 2.45) is 0 Å². The van der Waals surface area contributed by atoms with Gasteiger partial charge in [-0.1, -0.05) is 42.5 Å². The number of benzene rings is 2. The Labute approximate surface area is 119 Å². The fourth-order valence-corrected chi connectivity index (χ4v) is 2.08.